The van der Waals surface area contributed by atoms with Crippen molar-refractivity contribution in [2.75, 3.05) is 13.7 Å². The lowest BCUT2D eigenvalue weighted by Gasteiger charge is -2.50. The maximum atomic E-state index is 14.4. The first-order valence-corrected chi connectivity index (χ1v) is 9.87. The molecule has 1 amide bonds. The number of benzene rings is 2. The third-order valence-electron chi connectivity index (χ3n) is 6.65. The molecule has 1 fully saturated rings. The van der Waals surface area contributed by atoms with Gasteiger partial charge in [0.05, 0.1) is 0 Å². The topological polar surface area (TPSA) is 29.5 Å². The van der Waals surface area contributed by atoms with Crippen LogP contribution in [0.25, 0.3) is 0 Å². The fourth-order valence-corrected chi connectivity index (χ4v) is 5.16. The van der Waals surface area contributed by atoms with Gasteiger partial charge in [0, 0.05) is 25.3 Å². The lowest BCUT2D eigenvalue weighted by Crippen LogP contribution is -2.62. The molecule has 2 aromatic carbocycles. The number of ether oxygens (including phenoxy) is 1. The van der Waals surface area contributed by atoms with Crippen LogP contribution in [-0.2, 0) is 21.6 Å². The number of piperidine rings is 1. The summed E-state index contributed by atoms with van der Waals surface area (Å²) in [6.07, 6.45) is -3.67. The van der Waals surface area contributed by atoms with Gasteiger partial charge < -0.3 is 9.64 Å². The van der Waals surface area contributed by atoms with Gasteiger partial charge in [-0.1, -0.05) is 61.5 Å². The molecule has 3 nitrogen and oxygen atoms in total. The molecule has 0 unspecified atom stereocenters. The number of hydrogen-bond acceptors (Lipinski definition) is 2. The van der Waals surface area contributed by atoms with Gasteiger partial charge >= 0.3 is 6.18 Å². The van der Waals surface area contributed by atoms with E-state index in [0.717, 1.165) is 12.7 Å². The van der Waals surface area contributed by atoms with E-state index >= 15 is 0 Å². The average molecular weight is 403 g/mol. The average Bonchev–Trinajstić information content (AvgIpc) is 2.69. The third-order valence-corrected chi connectivity index (χ3v) is 6.65. The van der Waals surface area contributed by atoms with Crippen LogP contribution in [-0.4, -0.2) is 36.7 Å². The monoisotopic (exact) mass is 403 g/mol. The smallest absolute Gasteiger partial charge is 0.356 e. The maximum Gasteiger partial charge on any atom is 0.430 e. The van der Waals surface area contributed by atoms with Crippen LogP contribution in [0.15, 0.2) is 54.6 Å². The summed E-state index contributed by atoms with van der Waals surface area (Å²) < 4.78 is 48.1. The minimum Gasteiger partial charge on any atom is -0.356 e. The molecule has 2 bridgehead atoms. The molecule has 2 aromatic rings. The predicted octanol–water partition coefficient (Wildman–Crippen LogP) is 4.67. The second kappa shape index (κ2) is 7.17. The summed E-state index contributed by atoms with van der Waals surface area (Å²) in [5.74, 6) is -0.678. The number of alkyl halides is 3. The van der Waals surface area contributed by atoms with Crippen molar-refractivity contribution in [3.63, 3.8) is 0 Å². The Morgan fingerprint density at radius 3 is 2.38 bits per heavy atom. The van der Waals surface area contributed by atoms with Gasteiger partial charge in [0.15, 0.2) is 0 Å². The zero-order valence-electron chi connectivity index (χ0n) is 16.4. The molecular weight excluding hydrogens is 379 g/mol. The van der Waals surface area contributed by atoms with Gasteiger partial charge in [-0.2, -0.15) is 13.2 Å². The Morgan fingerprint density at radius 1 is 1.07 bits per heavy atom. The molecule has 1 heterocycles. The number of carbonyl (C=O) groups is 1. The molecule has 154 valence electrons. The fourth-order valence-electron chi connectivity index (χ4n) is 5.16. The van der Waals surface area contributed by atoms with Crippen LogP contribution < -0.4 is 0 Å². The van der Waals surface area contributed by atoms with Crippen molar-refractivity contribution >= 4 is 5.91 Å². The van der Waals surface area contributed by atoms with Crippen molar-refractivity contribution in [2.24, 2.45) is 5.92 Å². The van der Waals surface area contributed by atoms with Crippen molar-refractivity contribution in [1.82, 2.24) is 4.90 Å². The Hall–Kier alpha value is -2.34. The zero-order valence-corrected chi connectivity index (χ0v) is 16.4. The van der Waals surface area contributed by atoms with Crippen LogP contribution in [0.1, 0.15) is 36.0 Å². The highest BCUT2D eigenvalue weighted by Crippen LogP contribution is 2.48. The summed E-state index contributed by atoms with van der Waals surface area (Å²) in [7, 11) is 0.963. The molecule has 0 radical (unpaired) electrons. The first-order chi connectivity index (χ1) is 13.8. The van der Waals surface area contributed by atoms with Gasteiger partial charge in [-0.25, -0.2) is 0 Å². The van der Waals surface area contributed by atoms with E-state index in [1.807, 2.05) is 25.1 Å². The maximum absolute atomic E-state index is 14.4. The summed E-state index contributed by atoms with van der Waals surface area (Å²) in [5.41, 5.74) is -0.809. The SMILES string of the molecule is CO[C@@](C(=O)N1CC[C@@H]2c3ccccc3C[C@H]1[C@H]2C)(c1ccccc1)C(F)(F)F. The lowest BCUT2D eigenvalue weighted by atomic mass is 9.68. The minimum absolute atomic E-state index is 0.0844. The number of halogens is 3. The Balaban J connectivity index is 1.77. The highest BCUT2D eigenvalue weighted by molar-refractivity contribution is 5.88. The van der Waals surface area contributed by atoms with E-state index in [-0.39, 0.29) is 23.4 Å². The molecule has 0 spiro atoms. The molecule has 4 atom stereocenters. The van der Waals surface area contributed by atoms with E-state index in [1.165, 1.54) is 34.7 Å². The molecular formula is C23H24F3NO2. The lowest BCUT2D eigenvalue weighted by molar-refractivity contribution is -0.272. The number of methoxy groups -OCH3 is 1. The highest BCUT2D eigenvalue weighted by atomic mass is 19.4. The molecule has 29 heavy (non-hydrogen) atoms. The van der Waals surface area contributed by atoms with Crippen molar-refractivity contribution in [3.05, 3.63) is 71.3 Å². The van der Waals surface area contributed by atoms with Crippen LogP contribution >= 0.6 is 0 Å². The summed E-state index contributed by atoms with van der Waals surface area (Å²) in [5, 5.41) is 0. The number of likely N-dealkylation sites (tertiary alicyclic amines) is 1. The largest absolute Gasteiger partial charge is 0.430 e. The second-order valence-corrected chi connectivity index (χ2v) is 7.97. The number of nitrogens with zero attached hydrogens (tertiary/aromatic N) is 1. The molecule has 1 saturated heterocycles. The van der Waals surface area contributed by atoms with Crippen molar-refractivity contribution < 1.29 is 22.7 Å². The quantitative estimate of drug-likeness (QED) is 0.746. The van der Waals surface area contributed by atoms with E-state index in [9.17, 15) is 18.0 Å². The van der Waals surface area contributed by atoms with Crippen LogP contribution in [0.5, 0.6) is 0 Å². The predicted molar refractivity (Wildman–Crippen MR) is 103 cm³/mol. The van der Waals surface area contributed by atoms with Crippen LogP contribution in [0.4, 0.5) is 13.2 Å². The Labute approximate surface area is 168 Å². The molecule has 1 aliphatic heterocycles. The summed E-state index contributed by atoms with van der Waals surface area (Å²) >= 11 is 0. The van der Waals surface area contributed by atoms with E-state index in [2.05, 4.69) is 6.07 Å². The Kier molecular flexibility index (Phi) is 4.93. The van der Waals surface area contributed by atoms with Crippen molar-refractivity contribution in [2.45, 2.75) is 43.5 Å². The number of fused-ring (bicyclic) bond motifs is 4. The normalized spacial score (nSPS) is 25.8. The highest BCUT2D eigenvalue weighted by Gasteiger charge is 2.65. The van der Waals surface area contributed by atoms with E-state index in [4.69, 9.17) is 4.74 Å². The van der Waals surface area contributed by atoms with Crippen molar-refractivity contribution in [3.8, 4) is 0 Å². The van der Waals surface area contributed by atoms with E-state index in [1.54, 1.807) is 6.07 Å². The van der Waals surface area contributed by atoms with Crippen LogP contribution in [0.2, 0.25) is 0 Å². The standard InChI is InChI=1S/C23H24F3NO2/c1-15-18-12-13-27(20(15)14-16-8-6-7-11-19(16)18)21(28)22(29-2,23(24,25)26)17-9-4-3-5-10-17/h3-11,15,18,20H,12-14H2,1-2H3/t15-,18-,20-,22+/m0/s1. The third kappa shape index (κ3) is 2.96. The van der Waals surface area contributed by atoms with Crippen molar-refractivity contribution in [1.29, 1.82) is 0 Å². The van der Waals surface area contributed by atoms with Gasteiger partial charge in [0.25, 0.3) is 11.5 Å². The van der Waals surface area contributed by atoms with Crippen LogP contribution in [0.3, 0.4) is 0 Å². The summed E-state index contributed by atoms with van der Waals surface area (Å²) in [4.78, 5) is 15.0. The Bertz CT molecular complexity index is 898. The summed E-state index contributed by atoms with van der Waals surface area (Å²) in [6, 6.07) is 15.0. The van der Waals surface area contributed by atoms with E-state index in [0.29, 0.717) is 19.4 Å². The first kappa shape index (κ1) is 20.0. The molecule has 4 rings (SSSR count). The zero-order chi connectivity index (χ0) is 20.8. The number of rotatable bonds is 3. The first-order valence-electron chi connectivity index (χ1n) is 9.87. The van der Waals surface area contributed by atoms with Gasteiger partial charge in [0.2, 0.25) is 0 Å². The van der Waals surface area contributed by atoms with Gasteiger partial charge in [0.1, 0.15) is 0 Å². The molecule has 0 aromatic heterocycles. The summed E-state index contributed by atoms with van der Waals surface area (Å²) in [6.45, 7) is 2.33. The Morgan fingerprint density at radius 2 is 1.72 bits per heavy atom. The van der Waals surface area contributed by atoms with Crippen LogP contribution in [0, 0.1) is 5.92 Å². The molecule has 6 heteroatoms. The van der Waals surface area contributed by atoms with Gasteiger partial charge in [-0.05, 0) is 35.8 Å². The molecule has 0 saturated carbocycles. The molecule has 2 aliphatic rings. The molecule has 1 aliphatic carbocycles. The second-order valence-electron chi connectivity index (χ2n) is 7.97. The van der Waals surface area contributed by atoms with Gasteiger partial charge in [-0.15, -0.1) is 0 Å². The number of hydrogen-bond donors (Lipinski definition) is 0. The minimum atomic E-state index is -4.88. The van der Waals surface area contributed by atoms with E-state index < -0.39 is 17.7 Å². The molecule has 0 N–H and O–H groups in total. The number of amides is 1. The number of carbonyl (C=O) groups excluding carboxylic acids is 1. The fraction of sp³-hybridized carbons (Fsp3) is 0.435. The van der Waals surface area contributed by atoms with Gasteiger partial charge in [-0.3, -0.25) is 4.79 Å².